The van der Waals surface area contributed by atoms with E-state index >= 15 is 0 Å². The number of carbonyl (C=O) groups is 2. The van der Waals surface area contributed by atoms with Gasteiger partial charge in [-0.25, -0.2) is 4.79 Å². The third-order valence-electron chi connectivity index (χ3n) is 1.72. The van der Waals surface area contributed by atoms with Gasteiger partial charge in [-0.1, -0.05) is 0 Å². The second-order valence-electron chi connectivity index (χ2n) is 3.03. The second-order valence-corrected chi connectivity index (χ2v) is 3.03. The third kappa shape index (κ3) is 3.44. The highest BCUT2D eigenvalue weighted by atomic mass is 16.6. The van der Waals surface area contributed by atoms with Crippen molar-refractivity contribution in [2.24, 2.45) is 0 Å². The smallest absolute Gasteiger partial charge is 0.409 e. The van der Waals surface area contributed by atoms with Crippen LogP contribution in [0.4, 0.5) is 0 Å². The SMILES string of the molecule is COC(=O)C(=Cc1ccc(OC(C)=O)o1)[N+](=O)[O-]. The molecule has 8 heteroatoms. The van der Waals surface area contributed by atoms with Crippen molar-refractivity contribution in [1.29, 1.82) is 0 Å². The van der Waals surface area contributed by atoms with Gasteiger partial charge in [-0.3, -0.25) is 14.9 Å². The minimum atomic E-state index is -1.11. The molecule has 0 atom stereocenters. The third-order valence-corrected chi connectivity index (χ3v) is 1.72. The van der Waals surface area contributed by atoms with Crippen molar-refractivity contribution in [3.05, 3.63) is 33.7 Å². The maximum atomic E-state index is 11.1. The zero-order valence-corrected chi connectivity index (χ0v) is 9.54. The lowest BCUT2D eigenvalue weighted by molar-refractivity contribution is -0.419. The summed E-state index contributed by atoms with van der Waals surface area (Å²) >= 11 is 0. The number of nitrogens with zero attached hydrogens (tertiary/aromatic N) is 1. The standard InChI is InChI=1S/C10H9NO7/c1-6(12)17-9-4-3-7(18-9)5-8(11(14)15)10(13)16-2/h3-5H,1-2H3. The van der Waals surface area contributed by atoms with E-state index in [1.54, 1.807) is 0 Å². The molecule has 1 rings (SSSR count). The lowest BCUT2D eigenvalue weighted by Gasteiger charge is -1.95. The molecule has 0 amide bonds. The number of esters is 2. The minimum Gasteiger partial charge on any atom is -0.461 e. The average molecular weight is 255 g/mol. The van der Waals surface area contributed by atoms with Gasteiger partial charge >= 0.3 is 17.6 Å². The summed E-state index contributed by atoms with van der Waals surface area (Å²) in [7, 11) is 1.02. The first kappa shape index (κ1) is 13.4. The molecule has 0 spiro atoms. The molecule has 0 aliphatic rings. The monoisotopic (exact) mass is 255 g/mol. The molecule has 8 nitrogen and oxygen atoms in total. The van der Waals surface area contributed by atoms with Crippen molar-refractivity contribution in [3.63, 3.8) is 0 Å². The largest absolute Gasteiger partial charge is 0.461 e. The van der Waals surface area contributed by atoms with Crippen LogP contribution in [0.1, 0.15) is 12.7 Å². The molecule has 0 saturated heterocycles. The van der Waals surface area contributed by atoms with Crippen LogP contribution in [0.15, 0.2) is 22.2 Å². The number of hydrogen-bond donors (Lipinski definition) is 0. The molecular formula is C10H9NO7. The molecule has 1 aromatic heterocycles. The Morgan fingerprint density at radius 1 is 1.44 bits per heavy atom. The van der Waals surface area contributed by atoms with Gasteiger partial charge in [0.25, 0.3) is 5.95 Å². The van der Waals surface area contributed by atoms with Gasteiger partial charge in [0.05, 0.1) is 18.1 Å². The predicted octanol–water partition coefficient (Wildman–Crippen LogP) is 0.995. The van der Waals surface area contributed by atoms with E-state index < -0.39 is 22.6 Å². The summed E-state index contributed by atoms with van der Waals surface area (Å²) in [6, 6.07) is 2.60. The van der Waals surface area contributed by atoms with Gasteiger partial charge in [0.1, 0.15) is 5.76 Å². The molecule has 1 heterocycles. The molecular weight excluding hydrogens is 246 g/mol. The van der Waals surface area contributed by atoms with Gasteiger partial charge in [0, 0.05) is 13.0 Å². The highest BCUT2D eigenvalue weighted by Crippen LogP contribution is 2.19. The van der Waals surface area contributed by atoms with E-state index in [9.17, 15) is 19.7 Å². The molecule has 0 fully saturated rings. The van der Waals surface area contributed by atoms with E-state index in [1.807, 2.05) is 0 Å². The number of ether oxygens (including phenoxy) is 2. The Labute approximate surface area is 101 Å². The minimum absolute atomic E-state index is 0.0108. The Bertz CT molecular complexity index is 514. The fourth-order valence-electron chi connectivity index (χ4n) is 1.03. The molecule has 0 aromatic carbocycles. The van der Waals surface area contributed by atoms with Crippen LogP contribution >= 0.6 is 0 Å². The summed E-state index contributed by atoms with van der Waals surface area (Å²) in [5.41, 5.74) is -0.791. The van der Waals surface area contributed by atoms with Crippen molar-refractivity contribution in [2.45, 2.75) is 6.92 Å². The van der Waals surface area contributed by atoms with Gasteiger partial charge in [-0.2, -0.15) is 0 Å². The van der Waals surface area contributed by atoms with Crippen LogP contribution in [0, 0.1) is 10.1 Å². The van der Waals surface area contributed by atoms with E-state index in [-0.39, 0.29) is 11.7 Å². The highest BCUT2D eigenvalue weighted by molar-refractivity contribution is 5.90. The summed E-state index contributed by atoms with van der Waals surface area (Å²) in [4.78, 5) is 31.4. The average Bonchev–Trinajstić information content (AvgIpc) is 2.71. The van der Waals surface area contributed by atoms with Crippen molar-refractivity contribution in [2.75, 3.05) is 7.11 Å². The summed E-state index contributed by atoms with van der Waals surface area (Å²) in [6.45, 7) is 1.18. The Morgan fingerprint density at radius 3 is 2.61 bits per heavy atom. The Morgan fingerprint density at radius 2 is 2.11 bits per heavy atom. The van der Waals surface area contributed by atoms with Gasteiger partial charge in [0.2, 0.25) is 0 Å². The van der Waals surface area contributed by atoms with Crippen molar-refractivity contribution in [1.82, 2.24) is 0 Å². The summed E-state index contributed by atoms with van der Waals surface area (Å²) in [5.74, 6) is -1.84. The van der Waals surface area contributed by atoms with E-state index in [1.165, 1.54) is 19.1 Å². The maximum Gasteiger partial charge on any atom is 0.409 e. The maximum absolute atomic E-state index is 11.1. The van der Waals surface area contributed by atoms with Gasteiger partial charge in [-0.05, 0) is 6.07 Å². The lowest BCUT2D eigenvalue weighted by atomic mass is 10.3. The first-order valence-electron chi connectivity index (χ1n) is 4.66. The molecule has 0 aliphatic heterocycles. The van der Waals surface area contributed by atoms with Gasteiger partial charge in [0.15, 0.2) is 0 Å². The Kier molecular flexibility index (Phi) is 4.19. The number of furan rings is 1. The summed E-state index contributed by atoms with van der Waals surface area (Å²) in [6.07, 6.45) is 0.874. The van der Waals surface area contributed by atoms with Gasteiger partial charge < -0.3 is 13.9 Å². The summed E-state index contributed by atoms with van der Waals surface area (Å²) in [5, 5.41) is 10.6. The second kappa shape index (κ2) is 5.62. The molecule has 18 heavy (non-hydrogen) atoms. The van der Waals surface area contributed by atoms with E-state index in [2.05, 4.69) is 9.47 Å². The first-order valence-corrected chi connectivity index (χ1v) is 4.66. The number of rotatable bonds is 4. The number of nitro groups is 1. The topological polar surface area (TPSA) is 109 Å². The van der Waals surface area contributed by atoms with E-state index in [4.69, 9.17) is 4.42 Å². The Hall–Kier alpha value is -2.64. The van der Waals surface area contributed by atoms with Crippen LogP contribution in [0.2, 0.25) is 0 Å². The zero-order chi connectivity index (χ0) is 13.7. The van der Waals surface area contributed by atoms with Crippen molar-refractivity contribution >= 4 is 18.0 Å². The molecule has 0 aliphatic carbocycles. The molecule has 0 saturated carbocycles. The van der Waals surface area contributed by atoms with Gasteiger partial charge in [-0.15, -0.1) is 0 Å². The lowest BCUT2D eigenvalue weighted by Crippen LogP contribution is -2.12. The highest BCUT2D eigenvalue weighted by Gasteiger charge is 2.23. The van der Waals surface area contributed by atoms with Crippen LogP contribution in [-0.4, -0.2) is 24.0 Å². The fraction of sp³-hybridized carbons (Fsp3) is 0.200. The van der Waals surface area contributed by atoms with Crippen molar-refractivity contribution < 1.29 is 28.4 Å². The zero-order valence-electron chi connectivity index (χ0n) is 9.54. The van der Waals surface area contributed by atoms with Crippen LogP contribution in [-0.2, 0) is 14.3 Å². The predicted molar refractivity (Wildman–Crippen MR) is 57.0 cm³/mol. The van der Waals surface area contributed by atoms with Crippen LogP contribution in [0.3, 0.4) is 0 Å². The number of carbonyl (C=O) groups excluding carboxylic acids is 2. The number of hydrogen-bond acceptors (Lipinski definition) is 7. The van der Waals surface area contributed by atoms with E-state index in [0.29, 0.717) is 0 Å². The molecule has 96 valence electrons. The fourth-order valence-corrected chi connectivity index (χ4v) is 1.03. The van der Waals surface area contributed by atoms with Crippen LogP contribution in [0.25, 0.3) is 6.08 Å². The quantitative estimate of drug-likeness (QED) is 0.341. The molecule has 0 radical (unpaired) electrons. The first-order chi connectivity index (χ1) is 8.43. The normalized spacial score (nSPS) is 10.9. The molecule has 1 aromatic rings. The Balaban J connectivity index is 2.98. The van der Waals surface area contributed by atoms with Crippen molar-refractivity contribution in [3.8, 4) is 5.95 Å². The van der Waals surface area contributed by atoms with Crippen LogP contribution in [0.5, 0.6) is 5.95 Å². The number of methoxy groups -OCH3 is 1. The van der Waals surface area contributed by atoms with Crippen LogP contribution < -0.4 is 4.74 Å². The molecule has 0 unspecified atom stereocenters. The van der Waals surface area contributed by atoms with E-state index in [0.717, 1.165) is 13.2 Å². The molecule has 0 N–H and O–H groups in total. The molecule has 0 bridgehead atoms. The summed E-state index contributed by atoms with van der Waals surface area (Å²) < 4.78 is 13.8.